The lowest BCUT2D eigenvalue weighted by Gasteiger charge is -2.45. The molecule has 1 amide bonds. The van der Waals surface area contributed by atoms with Crippen molar-refractivity contribution >= 4 is 32.7 Å². The zero-order chi connectivity index (χ0) is 21.8. The summed E-state index contributed by atoms with van der Waals surface area (Å²) in [7, 11) is 1.93. The van der Waals surface area contributed by atoms with Crippen molar-refractivity contribution in [1.82, 2.24) is 14.8 Å². The Kier molecular flexibility index (Phi) is 5.65. The van der Waals surface area contributed by atoms with Crippen molar-refractivity contribution in [3.05, 3.63) is 33.9 Å². The number of benzene rings is 1. The van der Waals surface area contributed by atoms with Gasteiger partial charge in [0.15, 0.2) is 0 Å². The van der Waals surface area contributed by atoms with E-state index in [1.54, 1.807) is 6.07 Å². The maximum atomic E-state index is 13.7. The molecule has 5 nitrogen and oxygen atoms in total. The third-order valence-corrected chi connectivity index (χ3v) is 7.47. The van der Waals surface area contributed by atoms with Crippen molar-refractivity contribution in [2.24, 2.45) is 5.92 Å². The van der Waals surface area contributed by atoms with Gasteiger partial charge in [0, 0.05) is 23.9 Å². The van der Waals surface area contributed by atoms with Gasteiger partial charge in [-0.05, 0) is 59.4 Å². The Morgan fingerprint density at radius 2 is 2.13 bits per heavy atom. The highest BCUT2D eigenvalue weighted by Crippen LogP contribution is 2.49. The molecule has 1 fully saturated rings. The van der Waals surface area contributed by atoms with E-state index in [0.29, 0.717) is 41.3 Å². The number of likely N-dealkylation sites (N-methyl/N-ethyl adjacent to an activating group) is 1. The zero-order valence-electron chi connectivity index (χ0n) is 16.8. The van der Waals surface area contributed by atoms with Gasteiger partial charge in [0.25, 0.3) is 0 Å². The van der Waals surface area contributed by atoms with E-state index in [1.807, 2.05) is 20.0 Å². The molecule has 2 aliphatic rings. The molecule has 2 N–H and O–H groups in total. The average Bonchev–Trinajstić information content (AvgIpc) is 2.99. The SMILES string of the molecule is CCC(CO)NC(=O)C1CC2c3cccc4c3c(c(Br)n4C(F)(F)F)CC2N(C)C1. The molecule has 1 aliphatic carbocycles. The summed E-state index contributed by atoms with van der Waals surface area (Å²) in [6.07, 6.45) is -2.80. The Bertz CT molecular complexity index is 971. The van der Waals surface area contributed by atoms with Crippen molar-refractivity contribution in [3.8, 4) is 0 Å². The number of fused-ring (bicyclic) bond motifs is 2. The fourth-order valence-corrected chi connectivity index (χ4v) is 5.87. The maximum absolute atomic E-state index is 13.7. The van der Waals surface area contributed by atoms with Crippen LogP contribution in [-0.4, -0.2) is 52.8 Å². The summed E-state index contributed by atoms with van der Waals surface area (Å²) in [4.78, 5) is 14.9. The van der Waals surface area contributed by atoms with Crippen LogP contribution in [-0.2, 0) is 17.5 Å². The Balaban J connectivity index is 1.73. The Morgan fingerprint density at radius 1 is 1.40 bits per heavy atom. The minimum atomic E-state index is -4.52. The second-order valence-electron chi connectivity index (χ2n) is 8.36. The molecule has 2 aromatic rings. The van der Waals surface area contributed by atoms with Crippen LogP contribution in [0.15, 0.2) is 22.8 Å². The highest BCUT2D eigenvalue weighted by molar-refractivity contribution is 9.10. The van der Waals surface area contributed by atoms with E-state index >= 15 is 0 Å². The summed E-state index contributed by atoms with van der Waals surface area (Å²) in [5, 5.41) is 12.9. The van der Waals surface area contributed by atoms with Crippen LogP contribution < -0.4 is 5.32 Å². The van der Waals surface area contributed by atoms with Crippen LogP contribution in [0.3, 0.4) is 0 Å². The van der Waals surface area contributed by atoms with Gasteiger partial charge >= 0.3 is 6.30 Å². The molecular weight excluding hydrogens is 463 g/mol. The number of nitrogens with zero attached hydrogens (tertiary/aromatic N) is 2. The molecule has 1 aromatic carbocycles. The van der Waals surface area contributed by atoms with Gasteiger partial charge in [-0.1, -0.05) is 19.1 Å². The number of carbonyl (C=O) groups is 1. The predicted octanol–water partition coefficient (Wildman–Crippen LogP) is 3.73. The quantitative estimate of drug-likeness (QED) is 0.690. The second-order valence-corrected chi connectivity index (χ2v) is 9.11. The van der Waals surface area contributed by atoms with Crippen LogP contribution in [0.1, 0.15) is 36.8 Å². The second kappa shape index (κ2) is 7.84. The monoisotopic (exact) mass is 487 g/mol. The number of aliphatic hydroxyl groups excluding tert-OH is 1. The van der Waals surface area contributed by atoms with Gasteiger partial charge in [-0.2, -0.15) is 0 Å². The number of rotatable bonds is 4. The molecule has 4 atom stereocenters. The van der Waals surface area contributed by atoms with Gasteiger partial charge in [0.05, 0.1) is 28.7 Å². The number of nitrogens with one attached hydrogen (secondary N) is 1. The molecule has 164 valence electrons. The Morgan fingerprint density at radius 3 is 2.77 bits per heavy atom. The van der Waals surface area contributed by atoms with Gasteiger partial charge in [-0.25, -0.2) is 4.57 Å². The first-order valence-electron chi connectivity index (χ1n) is 10.2. The number of likely N-dealkylation sites (tertiary alicyclic amines) is 1. The number of hydrogen-bond acceptors (Lipinski definition) is 3. The van der Waals surface area contributed by atoms with Crippen LogP contribution in [0.5, 0.6) is 0 Å². The normalized spacial score (nSPS) is 25.2. The molecule has 0 bridgehead atoms. The fraction of sp³-hybridized carbons (Fsp3) is 0.571. The van der Waals surface area contributed by atoms with Crippen molar-refractivity contribution in [2.75, 3.05) is 20.2 Å². The summed E-state index contributed by atoms with van der Waals surface area (Å²) in [6, 6.07) is 4.82. The summed E-state index contributed by atoms with van der Waals surface area (Å²) in [5.74, 6) is -0.407. The molecule has 1 aliphatic heterocycles. The molecule has 1 aromatic heterocycles. The Labute approximate surface area is 181 Å². The summed E-state index contributed by atoms with van der Waals surface area (Å²) >= 11 is 3.21. The van der Waals surface area contributed by atoms with Gasteiger partial charge in [0.2, 0.25) is 5.91 Å². The smallest absolute Gasteiger partial charge is 0.394 e. The highest BCUT2D eigenvalue weighted by Gasteiger charge is 2.45. The zero-order valence-corrected chi connectivity index (χ0v) is 18.4. The predicted molar refractivity (Wildman–Crippen MR) is 111 cm³/mol. The molecule has 0 radical (unpaired) electrons. The van der Waals surface area contributed by atoms with Crippen LogP contribution in [0.2, 0.25) is 0 Å². The standard InChI is InChI=1S/C21H25BrF3N3O2/c1-3-12(10-29)26-20(30)11-7-14-13-5-4-6-16-18(13)15(8-17(14)27(2)9-11)19(22)28(16)21(23,24)25/h4-6,11-12,14,17,29H,3,7-10H2,1-2H3,(H,26,30). The van der Waals surface area contributed by atoms with Crippen LogP contribution >= 0.6 is 15.9 Å². The first-order chi connectivity index (χ1) is 14.2. The third-order valence-electron chi connectivity index (χ3n) is 6.64. The third kappa shape index (κ3) is 3.44. The topological polar surface area (TPSA) is 57.5 Å². The average molecular weight is 488 g/mol. The molecule has 4 rings (SSSR count). The summed E-state index contributed by atoms with van der Waals surface area (Å²) in [6.45, 7) is 2.33. The van der Waals surface area contributed by atoms with Gasteiger partial charge in [0.1, 0.15) is 0 Å². The molecule has 9 heteroatoms. The van der Waals surface area contributed by atoms with E-state index in [4.69, 9.17) is 0 Å². The van der Waals surface area contributed by atoms with Gasteiger partial charge in [-0.3, -0.25) is 4.79 Å². The summed E-state index contributed by atoms with van der Waals surface area (Å²) in [5.41, 5.74) is 1.71. The number of aromatic nitrogens is 1. The van der Waals surface area contributed by atoms with E-state index < -0.39 is 6.30 Å². The lowest BCUT2D eigenvalue weighted by Crippen LogP contribution is -2.52. The maximum Gasteiger partial charge on any atom is 0.489 e. The number of hydrogen-bond donors (Lipinski definition) is 2. The number of aliphatic hydroxyl groups is 1. The van der Waals surface area contributed by atoms with Crippen molar-refractivity contribution in [1.29, 1.82) is 0 Å². The number of piperidine rings is 1. The van der Waals surface area contributed by atoms with Crippen LogP contribution in [0.4, 0.5) is 13.2 Å². The number of amides is 1. The van der Waals surface area contributed by atoms with Crippen molar-refractivity contribution in [3.63, 3.8) is 0 Å². The number of halogens is 4. The van der Waals surface area contributed by atoms with Crippen LogP contribution in [0, 0.1) is 5.92 Å². The van der Waals surface area contributed by atoms with Crippen LogP contribution in [0.25, 0.3) is 10.9 Å². The van der Waals surface area contributed by atoms with E-state index in [-0.39, 0.29) is 46.6 Å². The lowest BCUT2D eigenvalue weighted by molar-refractivity contribution is -0.202. The molecule has 0 saturated carbocycles. The Hall–Kier alpha value is -1.58. The van der Waals surface area contributed by atoms with Crippen molar-refractivity contribution in [2.45, 2.75) is 50.5 Å². The molecule has 30 heavy (non-hydrogen) atoms. The van der Waals surface area contributed by atoms with Gasteiger partial charge < -0.3 is 15.3 Å². The first-order valence-corrected chi connectivity index (χ1v) is 11.0. The molecule has 4 unspecified atom stereocenters. The molecule has 0 spiro atoms. The van der Waals surface area contributed by atoms with E-state index in [0.717, 1.165) is 5.56 Å². The summed E-state index contributed by atoms with van der Waals surface area (Å²) < 4.78 is 41.7. The molecular formula is C21H25BrF3N3O2. The van der Waals surface area contributed by atoms with Gasteiger partial charge in [-0.15, -0.1) is 13.2 Å². The van der Waals surface area contributed by atoms with E-state index in [9.17, 15) is 23.1 Å². The van der Waals surface area contributed by atoms with E-state index in [2.05, 4.69) is 26.1 Å². The molecule has 2 heterocycles. The number of carbonyl (C=O) groups excluding carboxylic acids is 1. The van der Waals surface area contributed by atoms with Crippen molar-refractivity contribution < 1.29 is 23.1 Å². The first kappa shape index (κ1) is 21.6. The largest absolute Gasteiger partial charge is 0.489 e. The molecule has 1 saturated heterocycles. The lowest BCUT2D eigenvalue weighted by atomic mass is 9.72. The van der Waals surface area contributed by atoms with E-state index in [1.165, 1.54) is 6.07 Å². The number of alkyl halides is 3. The highest BCUT2D eigenvalue weighted by atomic mass is 79.9. The minimum Gasteiger partial charge on any atom is -0.394 e. The fourth-order valence-electron chi connectivity index (χ4n) is 5.12. The minimum absolute atomic E-state index is 0.0270.